The Morgan fingerprint density at radius 1 is 1.56 bits per heavy atom. The van der Waals surface area contributed by atoms with Crippen LogP contribution in [0.3, 0.4) is 0 Å². The van der Waals surface area contributed by atoms with E-state index in [9.17, 15) is 4.79 Å². The van der Waals surface area contributed by atoms with Gasteiger partial charge in [0.05, 0.1) is 6.04 Å². The minimum Gasteiger partial charge on any atom is -0.368 e. The molecule has 5 heteroatoms. The van der Waals surface area contributed by atoms with Crippen LogP contribution in [-0.4, -0.2) is 18.5 Å². The third kappa shape index (κ3) is 3.81. The second kappa shape index (κ2) is 5.84. The van der Waals surface area contributed by atoms with Crippen molar-refractivity contribution in [2.75, 3.05) is 6.54 Å². The fraction of sp³-hybridized carbons (Fsp3) is 0.364. The lowest BCUT2D eigenvalue weighted by Gasteiger charge is -2.16. The monoisotopic (exact) mass is 241 g/mol. The van der Waals surface area contributed by atoms with Crippen molar-refractivity contribution < 1.29 is 4.79 Å². The second-order valence-electron chi connectivity index (χ2n) is 3.69. The highest BCUT2D eigenvalue weighted by atomic mass is 35.5. The molecule has 1 aromatic rings. The van der Waals surface area contributed by atoms with Crippen molar-refractivity contribution in [1.82, 2.24) is 5.32 Å². The molecule has 16 heavy (non-hydrogen) atoms. The van der Waals surface area contributed by atoms with Crippen molar-refractivity contribution >= 4 is 17.5 Å². The molecule has 0 saturated heterocycles. The van der Waals surface area contributed by atoms with Gasteiger partial charge in [0.1, 0.15) is 0 Å². The molecular formula is C11H16ClN3O. The molecule has 2 atom stereocenters. The Labute approximate surface area is 100.0 Å². The summed E-state index contributed by atoms with van der Waals surface area (Å²) in [6, 6.07) is 6.93. The SMILES string of the molecule is C[C@@H](NCC(N)C(N)=O)c1cccc(Cl)c1. The molecule has 0 aromatic heterocycles. The quantitative estimate of drug-likeness (QED) is 0.713. The molecule has 0 saturated carbocycles. The van der Waals surface area contributed by atoms with E-state index in [1.54, 1.807) is 0 Å². The van der Waals surface area contributed by atoms with E-state index >= 15 is 0 Å². The van der Waals surface area contributed by atoms with Crippen LogP contribution < -0.4 is 16.8 Å². The van der Waals surface area contributed by atoms with Gasteiger partial charge in [-0.05, 0) is 24.6 Å². The Morgan fingerprint density at radius 2 is 2.25 bits per heavy atom. The van der Waals surface area contributed by atoms with Crippen LogP contribution >= 0.6 is 11.6 Å². The maximum absolute atomic E-state index is 10.7. The Morgan fingerprint density at radius 3 is 2.81 bits per heavy atom. The lowest BCUT2D eigenvalue weighted by molar-refractivity contribution is -0.119. The summed E-state index contributed by atoms with van der Waals surface area (Å²) in [7, 11) is 0. The smallest absolute Gasteiger partial charge is 0.235 e. The van der Waals surface area contributed by atoms with Gasteiger partial charge >= 0.3 is 0 Å². The molecule has 0 bridgehead atoms. The van der Waals surface area contributed by atoms with Gasteiger partial charge in [0.25, 0.3) is 0 Å². The van der Waals surface area contributed by atoms with Gasteiger partial charge in [-0.1, -0.05) is 23.7 Å². The third-order valence-electron chi connectivity index (χ3n) is 2.36. The zero-order valence-electron chi connectivity index (χ0n) is 9.11. The third-order valence-corrected chi connectivity index (χ3v) is 2.59. The van der Waals surface area contributed by atoms with Gasteiger partial charge < -0.3 is 16.8 Å². The van der Waals surface area contributed by atoms with Crippen LogP contribution in [0.4, 0.5) is 0 Å². The molecule has 1 rings (SSSR count). The fourth-order valence-corrected chi connectivity index (χ4v) is 1.50. The summed E-state index contributed by atoms with van der Waals surface area (Å²) in [5, 5.41) is 3.81. The van der Waals surface area contributed by atoms with E-state index in [0.717, 1.165) is 5.56 Å². The van der Waals surface area contributed by atoms with E-state index in [0.29, 0.717) is 11.6 Å². The van der Waals surface area contributed by atoms with Crippen LogP contribution in [-0.2, 0) is 4.79 Å². The van der Waals surface area contributed by atoms with Crippen molar-refractivity contribution in [3.63, 3.8) is 0 Å². The van der Waals surface area contributed by atoms with Crippen molar-refractivity contribution in [2.45, 2.75) is 19.0 Å². The molecule has 4 nitrogen and oxygen atoms in total. The molecule has 5 N–H and O–H groups in total. The highest BCUT2D eigenvalue weighted by Crippen LogP contribution is 2.16. The topological polar surface area (TPSA) is 81.1 Å². The molecule has 0 aliphatic heterocycles. The van der Waals surface area contributed by atoms with Gasteiger partial charge in [-0.25, -0.2) is 0 Å². The van der Waals surface area contributed by atoms with Crippen molar-refractivity contribution in [3.05, 3.63) is 34.9 Å². The first-order chi connectivity index (χ1) is 7.50. The van der Waals surface area contributed by atoms with Crippen molar-refractivity contribution in [3.8, 4) is 0 Å². The highest BCUT2D eigenvalue weighted by molar-refractivity contribution is 6.30. The molecule has 0 spiro atoms. The van der Waals surface area contributed by atoms with Crippen LogP contribution in [0.1, 0.15) is 18.5 Å². The first kappa shape index (κ1) is 13.0. The number of halogens is 1. The lowest BCUT2D eigenvalue weighted by atomic mass is 10.1. The molecule has 1 amide bonds. The average molecular weight is 242 g/mol. The van der Waals surface area contributed by atoms with E-state index < -0.39 is 11.9 Å². The number of amides is 1. The number of primary amides is 1. The standard InChI is InChI=1S/C11H16ClN3O/c1-7(15-6-10(13)11(14)16)8-3-2-4-9(12)5-8/h2-5,7,10,15H,6,13H2,1H3,(H2,14,16)/t7-,10?/m1/s1. The fourth-order valence-electron chi connectivity index (χ4n) is 1.30. The number of hydrogen-bond donors (Lipinski definition) is 3. The number of carbonyl (C=O) groups excluding carboxylic acids is 1. The Balaban J connectivity index is 2.52. The first-order valence-corrected chi connectivity index (χ1v) is 5.42. The Kier molecular flexibility index (Phi) is 4.73. The maximum Gasteiger partial charge on any atom is 0.235 e. The van der Waals surface area contributed by atoms with Gasteiger partial charge in [0.2, 0.25) is 5.91 Å². The van der Waals surface area contributed by atoms with Gasteiger partial charge in [-0.2, -0.15) is 0 Å². The normalized spacial score (nSPS) is 14.4. The number of nitrogens with one attached hydrogen (secondary N) is 1. The van der Waals surface area contributed by atoms with Crippen LogP contribution in [0.25, 0.3) is 0 Å². The first-order valence-electron chi connectivity index (χ1n) is 5.04. The van der Waals surface area contributed by atoms with E-state index in [1.807, 2.05) is 31.2 Å². The van der Waals surface area contributed by atoms with Gasteiger partial charge in [-0.3, -0.25) is 4.79 Å². The largest absolute Gasteiger partial charge is 0.368 e. The minimum absolute atomic E-state index is 0.0732. The molecule has 0 radical (unpaired) electrons. The molecule has 0 heterocycles. The van der Waals surface area contributed by atoms with Crippen LogP contribution in [0.15, 0.2) is 24.3 Å². The van der Waals surface area contributed by atoms with Gasteiger partial charge in [0, 0.05) is 17.6 Å². The number of benzene rings is 1. The average Bonchev–Trinajstić information content (AvgIpc) is 2.25. The molecule has 0 aliphatic carbocycles. The summed E-state index contributed by atoms with van der Waals surface area (Å²) in [6.07, 6.45) is 0. The maximum atomic E-state index is 10.7. The van der Waals surface area contributed by atoms with Gasteiger partial charge in [-0.15, -0.1) is 0 Å². The van der Waals surface area contributed by atoms with E-state index in [2.05, 4.69) is 5.32 Å². The summed E-state index contributed by atoms with van der Waals surface area (Å²) in [5.74, 6) is -0.509. The predicted molar refractivity (Wildman–Crippen MR) is 65.0 cm³/mol. The summed E-state index contributed by atoms with van der Waals surface area (Å²) < 4.78 is 0. The van der Waals surface area contributed by atoms with E-state index in [1.165, 1.54) is 0 Å². The minimum atomic E-state index is -0.665. The number of rotatable bonds is 5. The molecule has 0 aliphatic rings. The summed E-state index contributed by atoms with van der Waals surface area (Å²) >= 11 is 5.88. The highest BCUT2D eigenvalue weighted by Gasteiger charge is 2.11. The zero-order valence-corrected chi connectivity index (χ0v) is 9.87. The molecule has 1 unspecified atom stereocenters. The van der Waals surface area contributed by atoms with Crippen LogP contribution in [0.2, 0.25) is 5.02 Å². The summed E-state index contributed by atoms with van der Waals surface area (Å²) in [5.41, 5.74) is 11.6. The van der Waals surface area contributed by atoms with E-state index in [4.69, 9.17) is 23.1 Å². The van der Waals surface area contributed by atoms with Crippen LogP contribution in [0.5, 0.6) is 0 Å². The number of carbonyl (C=O) groups is 1. The zero-order chi connectivity index (χ0) is 12.1. The molecule has 88 valence electrons. The molecular weight excluding hydrogens is 226 g/mol. The number of nitrogens with two attached hydrogens (primary N) is 2. The summed E-state index contributed by atoms with van der Waals surface area (Å²) in [6.45, 7) is 2.32. The lowest BCUT2D eigenvalue weighted by Crippen LogP contribution is -2.44. The predicted octanol–water partition coefficient (Wildman–Crippen LogP) is 0.803. The van der Waals surface area contributed by atoms with Crippen LogP contribution in [0, 0.1) is 0 Å². The Bertz CT molecular complexity index is 370. The molecule has 1 aromatic carbocycles. The summed E-state index contributed by atoms with van der Waals surface area (Å²) in [4.78, 5) is 10.7. The molecule has 0 fully saturated rings. The van der Waals surface area contributed by atoms with Crippen molar-refractivity contribution in [1.29, 1.82) is 0 Å². The van der Waals surface area contributed by atoms with Crippen molar-refractivity contribution in [2.24, 2.45) is 11.5 Å². The second-order valence-corrected chi connectivity index (χ2v) is 4.13. The van der Waals surface area contributed by atoms with E-state index in [-0.39, 0.29) is 6.04 Å². The number of hydrogen-bond acceptors (Lipinski definition) is 3. The van der Waals surface area contributed by atoms with Gasteiger partial charge in [0.15, 0.2) is 0 Å². The Hall–Kier alpha value is -1.10.